The number of benzene rings is 1. The molecule has 0 atom stereocenters. The topological polar surface area (TPSA) is 111 Å². The summed E-state index contributed by atoms with van der Waals surface area (Å²) in [5.74, 6) is -0.199. The Balaban J connectivity index is 2.25. The SMILES string of the molecule is COC(=O)c1ccccc1S(=O)(=O)NCc1nc(C)no1. The molecule has 1 heterocycles. The number of nitrogens with one attached hydrogen (secondary N) is 1. The lowest BCUT2D eigenvalue weighted by molar-refractivity contribution is 0.0596. The molecule has 8 nitrogen and oxygen atoms in total. The Hall–Kier alpha value is -2.26. The normalized spacial score (nSPS) is 11.3. The second-order valence-corrected chi connectivity index (χ2v) is 5.78. The Kier molecular flexibility index (Phi) is 4.34. The Morgan fingerprint density at radius 1 is 1.38 bits per heavy atom. The minimum atomic E-state index is -3.91. The minimum absolute atomic E-state index is 0.0470. The van der Waals surface area contributed by atoms with Crippen molar-refractivity contribution < 1.29 is 22.5 Å². The monoisotopic (exact) mass is 311 g/mol. The molecule has 9 heteroatoms. The zero-order valence-electron chi connectivity index (χ0n) is 11.4. The van der Waals surface area contributed by atoms with E-state index in [2.05, 4.69) is 19.6 Å². The maximum atomic E-state index is 12.2. The van der Waals surface area contributed by atoms with Gasteiger partial charge in [0.2, 0.25) is 15.9 Å². The van der Waals surface area contributed by atoms with Gasteiger partial charge in [0.15, 0.2) is 5.82 Å². The van der Waals surface area contributed by atoms with Gasteiger partial charge >= 0.3 is 5.97 Å². The summed E-state index contributed by atoms with van der Waals surface area (Å²) in [6.07, 6.45) is 0. The van der Waals surface area contributed by atoms with Gasteiger partial charge in [0.1, 0.15) is 0 Å². The number of methoxy groups -OCH3 is 1. The number of sulfonamides is 1. The molecule has 112 valence electrons. The number of nitrogens with zero attached hydrogens (tertiary/aromatic N) is 2. The molecule has 0 saturated carbocycles. The van der Waals surface area contributed by atoms with Crippen LogP contribution in [0.15, 0.2) is 33.7 Å². The van der Waals surface area contributed by atoms with Gasteiger partial charge in [-0.15, -0.1) is 0 Å². The third-order valence-electron chi connectivity index (χ3n) is 2.56. The van der Waals surface area contributed by atoms with Crippen molar-refractivity contribution >= 4 is 16.0 Å². The van der Waals surface area contributed by atoms with Crippen LogP contribution in [0.1, 0.15) is 22.1 Å². The van der Waals surface area contributed by atoms with Gasteiger partial charge in [-0.05, 0) is 19.1 Å². The van der Waals surface area contributed by atoms with E-state index in [0.717, 1.165) is 0 Å². The van der Waals surface area contributed by atoms with Gasteiger partial charge < -0.3 is 9.26 Å². The molecule has 0 aliphatic carbocycles. The second kappa shape index (κ2) is 6.02. The highest BCUT2D eigenvalue weighted by atomic mass is 32.2. The summed E-state index contributed by atoms with van der Waals surface area (Å²) in [4.78, 5) is 15.3. The van der Waals surface area contributed by atoms with Gasteiger partial charge in [-0.3, -0.25) is 0 Å². The third kappa shape index (κ3) is 3.44. The fourth-order valence-electron chi connectivity index (χ4n) is 1.63. The van der Waals surface area contributed by atoms with Crippen LogP contribution in [0.3, 0.4) is 0 Å². The van der Waals surface area contributed by atoms with Crippen molar-refractivity contribution in [1.82, 2.24) is 14.9 Å². The number of ether oxygens (including phenoxy) is 1. The fraction of sp³-hybridized carbons (Fsp3) is 0.250. The van der Waals surface area contributed by atoms with Crippen LogP contribution in [0, 0.1) is 6.92 Å². The largest absolute Gasteiger partial charge is 0.465 e. The van der Waals surface area contributed by atoms with Crippen molar-refractivity contribution in [2.24, 2.45) is 0 Å². The Bertz CT molecular complexity index is 754. The summed E-state index contributed by atoms with van der Waals surface area (Å²) >= 11 is 0. The van der Waals surface area contributed by atoms with E-state index in [9.17, 15) is 13.2 Å². The van der Waals surface area contributed by atoms with Gasteiger partial charge in [-0.2, -0.15) is 4.98 Å². The molecule has 0 aliphatic heterocycles. The maximum Gasteiger partial charge on any atom is 0.339 e. The summed E-state index contributed by atoms with van der Waals surface area (Å²) in [6.45, 7) is 1.45. The molecule has 1 aromatic heterocycles. The van der Waals surface area contributed by atoms with E-state index >= 15 is 0 Å². The van der Waals surface area contributed by atoms with E-state index in [1.807, 2.05) is 0 Å². The molecule has 1 N–H and O–H groups in total. The molecule has 0 unspecified atom stereocenters. The van der Waals surface area contributed by atoms with Crippen LogP contribution in [0.5, 0.6) is 0 Å². The molecule has 0 amide bonds. The van der Waals surface area contributed by atoms with E-state index in [-0.39, 0.29) is 22.9 Å². The van der Waals surface area contributed by atoms with Crippen LogP contribution < -0.4 is 4.72 Å². The molecule has 21 heavy (non-hydrogen) atoms. The summed E-state index contributed by atoms with van der Waals surface area (Å²) in [5, 5.41) is 3.55. The standard InChI is InChI=1S/C12H13N3O5S/c1-8-14-11(20-15-8)7-13-21(17,18)10-6-4-3-5-9(10)12(16)19-2/h3-6,13H,7H2,1-2H3. The first-order chi connectivity index (χ1) is 9.94. The first-order valence-electron chi connectivity index (χ1n) is 5.90. The van der Waals surface area contributed by atoms with Crippen molar-refractivity contribution in [3.8, 4) is 0 Å². The van der Waals surface area contributed by atoms with Crippen LogP contribution in [0.25, 0.3) is 0 Å². The molecule has 2 rings (SSSR count). The number of carbonyl (C=O) groups excluding carboxylic acids is 1. The number of rotatable bonds is 5. The summed E-state index contributed by atoms with van der Waals surface area (Å²) in [6, 6.07) is 5.75. The lowest BCUT2D eigenvalue weighted by atomic mass is 10.2. The molecule has 0 bridgehead atoms. The molecule has 0 radical (unpaired) electrons. The lowest BCUT2D eigenvalue weighted by Crippen LogP contribution is -2.25. The van der Waals surface area contributed by atoms with Gasteiger partial charge in [0, 0.05) is 0 Å². The van der Waals surface area contributed by atoms with Crippen molar-refractivity contribution in [3.63, 3.8) is 0 Å². The third-order valence-corrected chi connectivity index (χ3v) is 4.02. The number of hydrogen-bond acceptors (Lipinski definition) is 7. The predicted molar refractivity (Wildman–Crippen MR) is 70.8 cm³/mol. The molecule has 0 saturated heterocycles. The Morgan fingerprint density at radius 3 is 2.71 bits per heavy atom. The molecule has 0 fully saturated rings. The number of aromatic nitrogens is 2. The smallest absolute Gasteiger partial charge is 0.339 e. The van der Waals surface area contributed by atoms with Crippen molar-refractivity contribution in [3.05, 3.63) is 41.5 Å². The van der Waals surface area contributed by atoms with Crippen LogP contribution in [0.2, 0.25) is 0 Å². The average molecular weight is 311 g/mol. The highest BCUT2D eigenvalue weighted by Gasteiger charge is 2.23. The first-order valence-corrected chi connectivity index (χ1v) is 7.38. The minimum Gasteiger partial charge on any atom is -0.465 e. The molecular weight excluding hydrogens is 298 g/mol. The van der Waals surface area contributed by atoms with Crippen LogP contribution in [-0.4, -0.2) is 31.6 Å². The molecule has 2 aromatic rings. The highest BCUT2D eigenvalue weighted by Crippen LogP contribution is 2.16. The van der Waals surface area contributed by atoms with Gasteiger partial charge in [-0.25, -0.2) is 17.9 Å². The summed E-state index contributed by atoms with van der Waals surface area (Å²) in [7, 11) is -2.73. The molecule has 1 aromatic carbocycles. The quantitative estimate of drug-likeness (QED) is 0.806. The fourth-order valence-corrected chi connectivity index (χ4v) is 2.79. The van der Waals surface area contributed by atoms with E-state index in [0.29, 0.717) is 5.82 Å². The zero-order valence-corrected chi connectivity index (χ0v) is 12.2. The lowest BCUT2D eigenvalue weighted by Gasteiger charge is -2.08. The Morgan fingerprint density at radius 2 is 2.10 bits per heavy atom. The van der Waals surface area contributed by atoms with E-state index < -0.39 is 16.0 Å². The van der Waals surface area contributed by atoms with Gasteiger partial charge in [0.25, 0.3) is 0 Å². The van der Waals surface area contributed by atoms with Crippen LogP contribution in [0.4, 0.5) is 0 Å². The first kappa shape index (κ1) is 15.1. The maximum absolute atomic E-state index is 12.2. The number of esters is 1. The average Bonchev–Trinajstić information content (AvgIpc) is 2.90. The Labute approximate surface area is 121 Å². The van der Waals surface area contributed by atoms with E-state index in [1.54, 1.807) is 13.0 Å². The molecular formula is C12H13N3O5S. The van der Waals surface area contributed by atoms with Gasteiger partial charge in [-0.1, -0.05) is 17.3 Å². The van der Waals surface area contributed by atoms with Gasteiger partial charge in [0.05, 0.1) is 24.1 Å². The van der Waals surface area contributed by atoms with Crippen molar-refractivity contribution in [2.75, 3.05) is 7.11 Å². The van der Waals surface area contributed by atoms with Crippen LogP contribution in [-0.2, 0) is 21.3 Å². The number of aryl methyl sites for hydroxylation is 1. The number of carbonyl (C=O) groups is 1. The van der Waals surface area contributed by atoms with Crippen molar-refractivity contribution in [1.29, 1.82) is 0 Å². The zero-order chi connectivity index (χ0) is 15.5. The molecule has 0 aliphatic rings. The van der Waals surface area contributed by atoms with Crippen molar-refractivity contribution in [2.45, 2.75) is 18.4 Å². The molecule has 0 spiro atoms. The van der Waals surface area contributed by atoms with E-state index in [1.165, 1.54) is 25.3 Å². The highest BCUT2D eigenvalue weighted by molar-refractivity contribution is 7.89. The summed E-state index contributed by atoms with van der Waals surface area (Å²) in [5.41, 5.74) is -0.0470. The van der Waals surface area contributed by atoms with Crippen LogP contribution >= 0.6 is 0 Å². The number of hydrogen-bond donors (Lipinski definition) is 1. The van der Waals surface area contributed by atoms with E-state index in [4.69, 9.17) is 4.52 Å². The summed E-state index contributed by atoms with van der Waals surface area (Å²) < 4.78 is 36.2. The predicted octanol–water partition coefficient (Wildman–Crippen LogP) is 0.643. The second-order valence-electron chi connectivity index (χ2n) is 4.05.